The molecule has 0 radical (unpaired) electrons. The quantitative estimate of drug-likeness (QED) is 0.689. The number of aryl methyl sites for hydroxylation is 1. The second kappa shape index (κ2) is 7.34. The molecule has 1 unspecified atom stereocenters. The van der Waals surface area contributed by atoms with Gasteiger partial charge in [0, 0.05) is 12.0 Å². The van der Waals surface area contributed by atoms with Crippen LogP contribution in [0.1, 0.15) is 33.4 Å². The molecule has 0 aliphatic carbocycles. The maximum absolute atomic E-state index is 12.7. The minimum atomic E-state index is -0.296. The van der Waals surface area contributed by atoms with Crippen molar-refractivity contribution in [3.8, 4) is 23.0 Å². The lowest BCUT2D eigenvalue weighted by Gasteiger charge is -2.27. The monoisotopic (exact) mass is 392 g/mol. The highest BCUT2D eigenvalue weighted by Gasteiger charge is 2.30. The molecule has 0 spiro atoms. The van der Waals surface area contributed by atoms with E-state index in [1.54, 1.807) is 13.1 Å². The molecule has 9 heteroatoms. The number of anilines is 1. The summed E-state index contributed by atoms with van der Waals surface area (Å²) in [5.74, 6) is 0.529. The van der Waals surface area contributed by atoms with E-state index in [1.165, 1.54) is 14.2 Å². The number of nitrogen functional groups attached to an aromatic ring is 1. The van der Waals surface area contributed by atoms with Gasteiger partial charge in [0.2, 0.25) is 5.95 Å². The van der Waals surface area contributed by atoms with Crippen LogP contribution < -0.4 is 20.5 Å². The average Bonchev–Trinajstić information content (AvgIpc) is 2.72. The van der Waals surface area contributed by atoms with Gasteiger partial charge < -0.3 is 20.5 Å². The van der Waals surface area contributed by atoms with E-state index in [-0.39, 0.29) is 23.8 Å². The summed E-state index contributed by atoms with van der Waals surface area (Å²) in [5.41, 5.74) is 9.81. The minimum Gasteiger partial charge on any atom is -0.477 e. The number of methoxy groups -OCH3 is 2. The van der Waals surface area contributed by atoms with Crippen molar-refractivity contribution in [2.45, 2.75) is 19.4 Å². The molecule has 0 saturated carbocycles. The van der Waals surface area contributed by atoms with E-state index in [2.05, 4.69) is 25.3 Å². The van der Waals surface area contributed by atoms with Gasteiger partial charge in [0.15, 0.2) is 0 Å². The standard InChI is InChI=1S/C20H20N6O3/c1-10-16-14(26-20(21)23-10)8-13(24-17(16)27)11-6-4-5-7-12(11)15-9-22-18(28-2)19(25-15)29-3/h4-7,9,13H,8H2,1-3H3,(H,24,27)(H2,21,23,26). The Labute approximate surface area is 167 Å². The number of carbonyl (C=O) groups is 1. The normalized spacial score (nSPS) is 15.4. The van der Waals surface area contributed by atoms with Gasteiger partial charge in [0.25, 0.3) is 17.7 Å². The summed E-state index contributed by atoms with van der Waals surface area (Å²) in [5, 5.41) is 3.05. The number of nitrogens with two attached hydrogens (primary N) is 1. The third kappa shape index (κ3) is 3.31. The Balaban J connectivity index is 1.77. The molecule has 1 aromatic carbocycles. The molecule has 0 bridgehead atoms. The van der Waals surface area contributed by atoms with E-state index < -0.39 is 0 Å². The van der Waals surface area contributed by atoms with Gasteiger partial charge in [-0.2, -0.15) is 0 Å². The van der Waals surface area contributed by atoms with Crippen LogP contribution in [0.15, 0.2) is 30.5 Å². The number of hydrogen-bond donors (Lipinski definition) is 2. The van der Waals surface area contributed by atoms with Gasteiger partial charge in [-0.05, 0) is 12.5 Å². The van der Waals surface area contributed by atoms with Crippen molar-refractivity contribution in [1.82, 2.24) is 25.3 Å². The van der Waals surface area contributed by atoms with E-state index in [4.69, 9.17) is 15.2 Å². The van der Waals surface area contributed by atoms with Crippen molar-refractivity contribution in [3.05, 3.63) is 53.0 Å². The highest BCUT2D eigenvalue weighted by molar-refractivity contribution is 5.98. The summed E-state index contributed by atoms with van der Waals surface area (Å²) in [6.07, 6.45) is 2.11. The Hall–Kier alpha value is -3.75. The van der Waals surface area contributed by atoms with Crippen LogP contribution in [0.3, 0.4) is 0 Å². The first-order valence-electron chi connectivity index (χ1n) is 9.00. The zero-order valence-corrected chi connectivity index (χ0v) is 16.3. The molecule has 0 fully saturated rings. The van der Waals surface area contributed by atoms with E-state index in [1.807, 2.05) is 24.3 Å². The Bertz CT molecular complexity index is 1100. The highest BCUT2D eigenvalue weighted by atomic mass is 16.5. The summed E-state index contributed by atoms with van der Waals surface area (Å²) < 4.78 is 10.4. The molecule has 2 aromatic heterocycles. The Morgan fingerprint density at radius 2 is 1.86 bits per heavy atom. The number of aromatic nitrogens is 4. The number of amides is 1. The van der Waals surface area contributed by atoms with Gasteiger partial charge in [0.05, 0.1) is 49.1 Å². The fourth-order valence-electron chi connectivity index (χ4n) is 3.56. The van der Waals surface area contributed by atoms with Crippen LogP contribution >= 0.6 is 0 Å². The van der Waals surface area contributed by atoms with Crippen LogP contribution in [0, 0.1) is 6.92 Å². The molecular formula is C20H20N6O3. The first-order valence-corrected chi connectivity index (χ1v) is 9.00. The van der Waals surface area contributed by atoms with Gasteiger partial charge in [-0.3, -0.25) is 4.79 Å². The zero-order valence-electron chi connectivity index (χ0n) is 16.3. The maximum Gasteiger partial charge on any atom is 0.278 e. The first kappa shape index (κ1) is 18.6. The second-order valence-electron chi connectivity index (χ2n) is 6.58. The zero-order chi connectivity index (χ0) is 20.5. The Kier molecular flexibility index (Phi) is 4.71. The molecule has 1 aliphatic heterocycles. The summed E-state index contributed by atoms with van der Waals surface area (Å²) in [6.45, 7) is 1.75. The SMILES string of the molecule is COc1ncc(-c2ccccc2C2Cc3nc(N)nc(C)c3C(=O)N2)nc1OC. The number of benzene rings is 1. The van der Waals surface area contributed by atoms with Crippen LogP contribution in [0.4, 0.5) is 5.95 Å². The van der Waals surface area contributed by atoms with Crippen molar-refractivity contribution in [2.75, 3.05) is 20.0 Å². The molecule has 3 N–H and O–H groups in total. The van der Waals surface area contributed by atoms with Crippen LogP contribution in [-0.2, 0) is 6.42 Å². The molecule has 3 aromatic rings. The van der Waals surface area contributed by atoms with E-state index in [0.29, 0.717) is 34.9 Å². The molecule has 29 heavy (non-hydrogen) atoms. The van der Waals surface area contributed by atoms with Gasteiger partial charge in [0.1, 0.15) is 0 Å². The Morgan fingerprint density at radius 3 is 2.62 bits per heavy atom. The fraction of sp³-hybridized carbons (Fsp3) is 0.250. The third-order valence-corrected chi connectivity index (χ3v) is 4.82. The smallest absolute Gasteiger partial charge is 0.278 e. The van der Waals surface area contributed by atoms with Crippen molar-refractivity contribution in [3.63, 3.8) is 0 Å². The highest BCUT2D eigenvalue weighted by Crippen LogP contribution is 2.34. The first-order chi connectivity index (χ1) is 14.0. The maximum atomic E-state index is 12.7. The van der Waals surface area contributed by atoms with Crippen molar-refractivity contribution in [1.29, 1.82) is 0 Å². The summed E-state index contributed by atoms with van der Waals surface area (Å²) in [7, 11) is 3.01. The molecule has 9 nitrogen and oxygen atoms in total. The van der Waals surface area contributed by atoms with Gasteiger partial charge in [-0.15, -0.1) is 0 Å². The van der Waals surface area contributed by atoms with Crippen molar-refractivity contribution >= 4 is 11.9 Å². The van der Waals surface area contributed by atoms with Crippen LogP contribution in [0.25, 0.3) is 11.3 Å². The molecule has 0 saturated heterocycles. The van der Waals surface area contributed by atoms with Gasteiger partial charge in [-0.1, -0.05) is 24.3 Å². The predicted octanol–water partition coefficient (Wildman–Crippen LogP) is 1.87. The number of nitrogens with one attached hydrogen (secondary N) is 1. The van der Waals surface area contributed by atoms with E-state index in [0.717, 1.165) is 11.1 Å². The van der Waals surface area contributed by atoms with E-state index >= 15 is 0 Å². The van der Waals surface area contributed by atoms with Crippen LogP contribution in [0.2, 0.25) is 0 Å². The predicted molar refractivity (Wildman–Crippen MR) is 106 cm³/mol. The van der Waals surface area contributed by atoms with Gasteiger partial charge >= 0.3 is 0 Å². The number of hydrogen-bond acceptors (Lipinski definition) is 8. The fourth-order valence-corrected chi connectivity index (χ4v) is 3.56. The summed E-state index contributed by atoms with van der Waals surface area (Å²) >= 11 is 0. The third-order valence-electron chi connectivity index (χ3n) is 4.82. The number of carbonyl (C=O) groups excluding carboxylic acids is 1. The topological polar surface area (TPSA) is 125 Å². The molecule has 3 heterocycles. The molecule has 1 amide bonds. The van der Waals surface area contributed by atoms with Crippen molar-refractivity contribution < 1.29 is 14.3 Å². The lowest BCUT2D eigenvalue weighted by Crippen LogP contribution is -2.37. The molecule has 4 rings (SSSR count). The van der Waals surface area contributed by atoms with Crippen LogP contribution in [0.5, 0.6) is 11.8 Å². The number of rotatable bonds is 4. The second-order valence-corrected chi connectivity index (χ2v) is 6.58. The number of nitrogens with zero attached hydrogens (tertiary/aromatic N) is 4. The molecule has 148 valence electrons. The lowest BCUT2D eigenvalue weighted by atomic mass is 9.90. The van der Waals surface area contributed by atoms with E-state index in [9.17, 15) is 4.79 Å². The summed E-state index contributed by atoms with van der Waals surface area (Å²) in [4.78, 5) is 29.9. The summed E-state index contributed by atoms with van der Waals surface area (Å²) in [6, 6.07) is 7.39. The molecular weight excluding hydrogens is 372 g/mol. The largest absolute Gasteiger partial charge is 0.477 e. The van der Waals surface area contributed by atoms with Crippen molar-refractivity contribution in [2.24, 2.45) is 0 Å². The Morgan fingerprint density at radius 1 is 1.10 bits per heavy atom. The van der Waals surface area contributed by atoms with Crippen LogP contribution in [-0.4, -0.2) is 40.1 Å². The lowest BCUT2D eigenvalue weighted by molar-refractivity contribution is 0.0922. The average molecular weight is 392 g/mol. The molecule has 1 aliphatic rings. The minimum absolute atomic E-state index is 0.161. The number of ether oxygens (including phenoxy) is 2. The molecule has 1 atom stereocenters. The number of fused-ring (bicyclic) bond motifs is 1. The van der Waals surface area contributed by atoms with Gasteiger partial charge in [-0.25, -0.2) is 19.9 Å².